The average molecular weight is 236 g/mol. The molecule has 1 aromatic heterocycles. The first kappa shape index (κ1) is 11.1. The number of hydrogen-bond acceptors (Lipinski definition) is 3. The van der Waals surface area contributed by atoms with Gasteiger partial charge in [-0.15, -0.1) is 0 Å². The topological polar surface area (TPSA) is 37.8 Å². The van der Waals surface area contributed by atoms with E-state index < -0.39 is 0 Å². The van der Waals surface area contributed by atoms with Crippen molar-refractivity contribution in [3.63, 3.8) is 0 Å². The van der Waals surface area contributed by atoms with Gasteiger partial charge in [0, 0.05) is 15.9 Å². The van der Waals surface area contributed by atoms with E-state index in [1.165, 1.54) is 0 Å². The molecule has 16 heavy (non-hydrogen) atoms. The van der Waals surface area contributed by atoms with Crippen LogP contribution >= 0.6 is 11.6 Å². The zero-order chi connectivity index (χ0) is 11.8. The van der Waals surface area contributed by atoms with Crippen molar-refractivity contribution in [3.8, 4) is 0 Å². The van der Waals surface area contributed by atoms with Gasteiger partial charge >= 0.3 is 0 Å². The van der Waals surface area contributed by atoms with Crippen molar-refractivity contribution in [1.29, 1.82) is 0 Å². The van der Waals surface area contributed by atoms with Gasteiger partial charge < -0.3 is 5.32 Å². The average Bonchev–Trinajstić information content (AvgIpc) is 2.17. The standard InChI is InChI=1S/C12H14ClN3/c1-12(2,3)16-11-9-6-8(13)4-5-10(9)14-7-15-11/h4-7H,1-3H3,(H,14,15,16). The Morgan fingerprint density at radius 3 is 2.62 bits per heavy atom. The molecule has 2 aromatic rings. The van der Waals surface area contributed by atoms with Crippen LogP contribution < -0.4 is 5.32 Å². The Morgan fingerprint density at radius 1 is 1.19 bits per heavy atom. The molecule has 1 aromatic carbocycles. The molecule has 0 aliphatic heterocycles. The lowest BCUT2D eigenvalue weighted by atomic mass is 10.1. The minimum atomic E-state index is -0.0381. The van der Waals surface area contributed by atoms with Crippen LogP contribution in [0.25, 0.3) is 10.9 Å². The van der Waals surface area contributed by atoms with Gasteiger partial charge in [-0.3, -0.25) is 0 Å². The second-order valence-corrected chi connectivity index (χ2v) is 5.20. The Bertz CT molecular complexity index is 517. The van der Waals surface area contributed by atoms with Gasteiger partial charge in [-0.1, -0.05) is 11.6 Å². The molecular formula is C12H14ClN3. The summed E-state index contributed by atoms with van der Waals surface area (Å²) in [5.41, 5.74) is 0.856. The van der Waals surface area contributed by atoms with E-state index in [-0.39, 0.29) is 5.54 Å². The molecule has 0 bridgehead atoms. The number of anilines is 1. The van der Waals surface area contributed by atoms with Gasteiger partial charge in [0.05, 0.1) is 5.52 Å². The van der Waals surface area contributed by atoms with Crippen LogP contribution in [0.5, 0.6) is 0 Å². The molecule has 2 rings (SSSR count). The fourth-order valence-corrected chi connectivity index (χ4v) is 1.66. The number of rotatable bonds is 1. The van der Waals surface area contributed by atoms with E-state index in [0.717, 1.165) is 16.7 Å². The van der Waals surface area contributed by atoms with E-state index in [2.05, 4.69) is 36.1 Å². The summed E-state index contributed by atoms with van der Waals surface area (Å²) >= 11 is 5.98. The van der Waals surface area contributed by atoms with Crippen molar-refractivity contribution in [2.45, 2.75) is 26.3 Å². The third kappa shape index (κ3) is 2.42. The summed E-state index contributed by atoms with van der Waals surface area (Å²) in [5, 5.41) is 4.98. The maximum absolute atomic E-state index is 5.98. The molecule has 0 aliphatic rings. The first-order valence-electron chi connectivity index (χ1n) is 5.14. The monoisotopic (exact) mass is 235 g/mol. The first-order valence-corrected chi connectivity index (χ1v) is 5.52. The van der Waals surface area contributed by atoms with Crippen LogP contribution in [0, 0.1) is 0 Å². The highest BCUT2D eigenvalue weighted by molar-refractivity contribution is 6.31. The van der Waals surface area contributed by atoms with Crippen LogP contribution in [-0.4, -0.2) is 15.5 Å². The molecule has 3 nitrogen and oxygen atoms in total. The number of halogens is 1. The summed E-state index contributed by atoms with van der Waals surface area (Å²) in [6, 6.07) is 5.61. The molecule has 0 saturated heterocycles. The SMILES string of the molecule is CC(C)(C)Nc1ncnc2ccc(Cl)cc12. The Morgan fingerprint density at radius 2 is 1.94 bits per heavy atom. The molecule has 1 heterocycles. The summed E-state index contributed by atoms with van der Waals surface area (Å²) < 4.78 is 0. The predicted molar refractivity (Wildman–Crippen MR) is 67.9 cm³/mol. The Kier molecular flexibility index (Phi) is 2.72. The zero-order valence-electron chi connectivity index (χ0n) is 9.58. The highest BCUT2D eigenvalue weighted by Gasteiger charge is 2.12. The van der Waals surface area contributed by atoms with Gasteiger partial charge in [-0.05, 0) is 39.0 Å². The minimum Gasteiger partial charge on any atom is -0.365 e. The fourth-order valence-electron chi connectivity index (χ4n) is 1.48. The van der Waals surface area contributed by atoms with Gasteiger partial charge in [-0.25, -0.2) is 9.97 Å². The predicted octanol–water partition coefficient (Wildman–Crippen LogP) is 3.49. The lowest BCUT2D eigenvalue weighted by molar-refractivity contribution is 0.631. The molecule has 0 unspecified atom stereocenters. The van der Waals surface area contributed by atoms with Crippen molar-refractivity contribution in [2.24, 2.45) is 0 Å². The van der Waals surface area contributed by atoms with Crippen LogP contribution in [-0.2, 0) is 0 Å². The molecule has 0 spiro atoms. The largest absolute Gasteiger partial charge is 0.365 e. The van der Waals surface area contributed by atoms with Crippen LogP contribution in [0.1, 0.15) is 20.8 Å². The van der Waals surface area contributed by atoms with Crippen LogP contribution in [0.3, 0.4) is 0 Å². The molecule has 0 aliphatic carbocycles. The molecule has 0 saturated carbocycles. The normalized spacial score (nSPS) is 11.8. The van der Waals surface area contributed by atoms with E-state index in [9.17, 15) is 0 Å². The minimum absolute atomic E-state index is 0.0381. The maximum Gasteiger partial charge on any atom is 0.137 e. The Hall–Kier alpha value is -1.35. The highest BCUT2D eigenvalue weighted by atomic mass is 35.5. The third-order valence-corrected chi connectivity index (χ3v) is 2.33. The van der Waals surface area contributed by atoms with Gasteiger partial charge in [0.2, 0.25) is 0 Å². The quantitative estimate of drug-likeness (QED) is 0.822. The van der Waals surface area contributed by atoms with Crippen molar-refractivity contribution in [1.82, 2.24) is 9.97 Å². The van der Waals surface area contributed by atoms with Crippen molar-refractivity contribution >= 4 is 28.3 Å². The van der Waals surface area contributed by atoms with Crippen LogP contribution in [0.4, 0.5) is 5.82 Å². The molecule has 1 N–H and O–H groups in total. The molecule has 0 amide bonds. The summed E-state index contributed by atoms with van der Waals surface area (Å²) in [4.78, 5) is 8.46. The molecule has 0 radical (unpaired) electrons. The highest BCUT2D eigenvalue weighted by Crippen LogP contribution is 2.24. The smallest absolute Gasteiger partial charge is 0.137 e. The number of aromatic nitrogens is 2. The molecule has 0 fully saturated rings. The van der Waals surface area contributed by atoms with Crippen molar-refractivity contribution in [2.75, 3.05) is 5.32 Å². The van der Waals surface area contributed by atoms with E-state index in [1.54, 1.807) is 6.33 Å². The van der Waals surface area contributed by atoms with Gasteiger partial charge in [0.15, 0.2) is 0 Å². The molecule has 84 valence electrons. The fraction of sp³-hybridized carbons (Fsp3) is 0.333. The van der Waals surface area contributed by atoms with E-state index >= 15 is 0 Å². The number of benzene rings is 1. The Balaban J connectivity index is 2.56. The van der Waals surface area contributed by atoms with E-state index in [1.807, 2.05) is 18.2 Å². The summed E-state index contributed by atoms with van der Waals surface area (Å²) in [7, 11) is 0. The first-order chi connectivity index (χ1) is 7.46. The van der Waals surface area contributed by atoms with E-state index in [0.29, 0.717) is 5.02 Å². The molecular weight excluding hydrogens is 222 g/mol. The number of nitrogens with one attached hydrogen (secondary N) is 1. The molecule has 0 atom stereocenters. The van der Waals surface area contributed by atoms with Crippen LogP contribution in [0.15, 0.2) is 24.5 Å². The van der Waals surface area contributed by atoms with Crippen molar-refractivity contribution in [3.05, 3.63) is 29.5 Å². The number of nitrogens with zero attached hydrogens (tertiary/aromatic N) is 2. The number of fused-ring (bicyclic) bond motifs is 1. The van der Waals surface area contributed by atoms with E-state index in [4.69, 9.17) is 11.6 Å². The number of hydrogen-bond donors (Lipinski definition) is 1. The van der Waals surface area contributed by atoms with Gasteiger partial charge in [0.25, 0.3) is 0 Å². The lowest BCUT2D eigenvalue weighted by Crippen LogP contribution is -2.26. The maximum atomic E-state index is 5.98. The van der Waals surface area contributed by atoms with Crippen molar-refractivity contribution < 1.29 is 0 Å². The zero-order valence-corrected chi connectivity index (χ0v) is 10.3. The summed E-state index contributed by atoms with van der Waals surface area (Å²) in [5.74, 6) is 0.819. The Labute approximate surface area is 99.9 Å². The lowest BCUT2D eigenvalue weighted by Gasteiger charge is -2.22. The van der Waals surface area contributed by atoms with Crippen LogP contribution in [0.2, 0.25) is 5.02 Å². The summed E-state index contributed by atoms with van der Waals surface area (Å²) in [6.45, 7) is 6.27. The molecule has 4 heteroatoms. The third-order valence-electron chi connectivity index (χ3n) is 2.09. The second-order valence-electron chi connectivity index (χ2n) is 4.76. The van der Waals surface area contributed by atoms with Gasteiger partial charge in [0.1, 0.15) is 12.1 Å². The van der Waals surface area contributed by atoms with Gasteiger partial charge in [-0.2, -0.15) is 0 Å². The summed E-state index contributed by atoms with van der Waals surface area (Å²) in [6.07, 6.45) is 1.56. The second kappa shape index (κ2) is 3.91.